The largest absolute Gasteiger partial charge is 0.391 e. The second-order valence-electron chi connectivity index (χ2n) is 10.6. The predicted octanol–water partition coefficient (Wildman–Crippen LogP) is 8.08. The zero-order valence-corrected chi connectivity index (χ0v) is 23.7. The lowest BCUT2D eigenvalue weighted by molar-refractivity contribution is -0.136. The van der Waals surface area contributed by atoms with Crippen LogP contribution in [0.2, 0.25) is 5.02 Å². The predicted molar refractivity (Wildman–Crippen MR) is 153 cm³/mol. The number of alkyl halides is 3. The van der Waals surface area contributed by atoms with E-state index in [-0.39, 0.29) is 11.5 Å². The molecule has 41 heavy (non-hydrogen) atoms. The van der Waals surface area contributed by atoms with E-state index in [4.69, 9.17) is 11.6 Å². The highest BCUT2D eigenvalue weighted by atomic mass is 35.5. The molecule has 2 amide bonds. The third kappa shape index (κ3) is 7.38. The Morgan fingerprint density at radius 1 is 1.02 bits per heavy atom. The summed E-state index contributed by atoms with van der Waals surface area (Å²) in [6.07, 6.45) is -4.30. The smallest absolute Gasteiger partial charge is 0.382 e. The van der Waals surface area contributed by atoms with Gasteiger partial charge in [0.2, 0.25) is 5.91 Å². The van der Waals surface area contributed by atoms with Gasteiger partial charge in [-0.3, -0.25) is 9.59 Å². The Hall–Kier alpha value is -3.59. The van der Waals surface area contributed by atoms with Gasteiger partial charge in [-0.2, -0.15) is 13.2 Å². The third-order valence-electron chi connectivity index (χ3n) is 7.31. The number of rotatable bonds is 7. The van der Waals surface area contributed by atoms with Crippen LogP contribution in [0.3, 0.4) is 0 Å². The summed E-state index contributed by atoms with van der Waals surface area (Å²) >= 11 is 6.25. The first-order valence-electron chi connectivity index (χ1n) is 13.4. The van der Waals surface area contributed by atoms with E-state index in [0.29, 0.717) is 46.9 Å². The first-order valence-corrected chi connectivity index (χ1v) is 13.8. The number of benzene rings is 3. The Labute approximate surface area is 241 Å². The van der Waals surface area contributed by atoms with E-state index in [9.17, 15) is 27.2 Å². The molecule has 0 saturated carbocycles. The van der Waals surface area contributed by atoms with Crippen molar-refractivity contribution in [2.75, 3.05) is 17.2 Å². The van der Waals surface area contributed by atoms with Gasteiger partial charge in [0.1, 0.15) is 5.82 Å². The van der Waals surface area contributed by atoms with Crippen molar-refractivity contribution in [2.45, 2.75) is 58.3 Å². The van der Waals surface area contributed by atoms with E-state index in [1.807, 2.05) is 6.92 Å². The average molecular weight is 590 g/mol. The van der Waals surface area contributed by atoms with Crippen LogP contribution in [0.5, 0.6) is 0 Å². The first-order chi connectivity index (χ1) is 19.3. The van der Waals surface area contributed by atoms with Crippen molar-refractivity contribution in [3.05, 3.63) is 93.8 Å². The molecule has 1 heterocycles. The second kappa shape index (κ2) is 12.5. The zero-order valence-electron chi connectivity index (χ0n) is 23.0. The third-order valence-corrected chi connectivity index (χ3v) is 7.71. The van der Waals surface area contributed by atoms with Crippen molar-refractivity contribution in [1.82, 2.24) is 4.90 Å². The molecule has 4 rings (SSSR count). The Morgan fingerprint density at radius 3 is 2.34 bits per heavy atom. The minimum Gasteiger partial charge on any atom is -0.382 e. The number of halogens is 5. The number of hydrogen-bond donors (Lipinski definition) is 2. The summed E-state index contributed by atoms with van der Waals surface area (Å²) in [6.45, 7) is 5.25. The SMILES string of the molecule is Cc1ccc(NC(=O)[C@H]2CCCN(C(=O)c3c(C)cccc3F)[C@H]2c2ccc(NC(C)CC(F)(F)F)cc2)cc1Cl. The van der Waals surface area contributed by atoms with E-state index >= 15 is 0 Å². The fourth-order valence-electron chi connectivity index (χ4n) is 5.32. The molecule has 1 aliphatic rings. The van der Waals surface area contributed by atoms with E-state index < -0.39 is 42.3 Å². The summed E-state index contributed by atoms with van der Waals surface area (Å²) in [5.74, 6) is -2.17. The number of nitrogens with one attached hydrogen (secondary N) is 2. The van der Waals surface area contributed by atoms with Gasteiger partial charge in [-0.25, -0.2) is 4.39 Å². The maximum Gasteiger partial charge on any atom is 0.391 e. The van der Waals surface area contributed by atoms with Gasteiger partial charge in [0, 0.05) is 29.0 Å². The van der Waals surface area contributed by atoms with Gasteiger partial charge in [0.15, 0.2) is 0 Å². The first kappa shape index (κ1) is 30.4. The maximum absolute atomic E-state index is 14.9. The molecular formula is C31H32ClF4N3O2. The lowest BCUT2D eigenvalue weighted by atomic mass is 9.83. The number of carbonyl (C=O) groups excluding carboxylic acids is 2. The van der Waals surface area contributed by atoms with Gasteiger partial charge in [0.25, 0.3) is 5.91 Å². The molecule has 0 aliphatic carbocycles. The highest BCUT2D eigenvalue weighted by molar-refractivity contribution is 6.31. The van der Waals surface area contributed by atoms with Gasteiger partial charge in [-0.05, 0) is 80.6 Å². The summed E-state index contributed by atoms with van der Waals surface area (Å²) in [5, 5.41) is 6.24. The van der Waals surface area contributed by atoms with Crippen molar-refractivity contribution >= 4 is 34.8 Å². The summed E-state index contributed by atoms with van der Waals surface area (Å²) in [6, 6.07) is 14.7. The molecule has 1 aliphatic heterocycles. The molecule has 3 atom stereocenters. The fourth-order valence-corrected chi connectivity index (χ4v) is 5.50. The van der Waals surface area contributed by atoms with Gasteiger partial charge in [0.05, 0.1) is 23.9 Å². The number of carbonyl (C=O) groups is 2. The van der Waals surface area contributed by atoms with Crippen molar-refractivity contribution in [3.63, 3.8) is 0 Å². The zero-order chi connectivity index (χ0) is 29.9. The molecule has 0 spiro atoms. The van der Waals surface area contributed by atoms with Crippen LogP contribution in [-0.2, 0) is 4.79 Å². The van der Waals surface area contributed by atoms with E-state index in [2.05, 4.69) is 10.6 Å². The number of amides is 2. The Bertz CT molecular complexity index is 1390. The second-order valence-corrected chi connectivity index (χ2v) is 11.0. The minimum absolute atomic E-state index is 0.0527. The maximum atomic E-state index is 14.9. The fraction of sp³-hybridized carbons (Fsp3) is 0.355. The standard InChI is InChI=1S/C31H32ClF4N3O2/c1-18-9-12-23(16-25(18)32)38-29(40)24-7-5-15-39(30(41)27-19(2)6-4-8-26(27)33)28(24)21-10-13-22(14-11-21)37-20(3)17-31(34,35)36/h4,6,8-14,16,20,24,28,37H,5,7,15,17H2,1-3H3,(H,38,40)/t20?,24-,28-/m0/s1. The van der Waals surface area contributed by atoms with Crippen molar-refractivity contribution < 1.29 is 27.2 Å². The van der Waals surface area contributed by atoms with Gasteiger partial charge in [-0.15, -0.1) is 0 Å². The summed E-state index contributed by atoms with van der Waals surface area (Å²) < 4.78 is 53.3. The van der Waals surface area contributed by atoms with Gasteiger partial charge < -0.3 is 15.5 Å². The van der Waals surface area contributed by atoms with Crippen LogP contribution in [0.25, 0.3) is 0 Å². The van der Waals surface area contributed by atoms with Crippen molar-refractivity contribution in [2.24, 2.45) is 5.92 Å². The van der Waals surface area contributed by atoms with Crippen LogP contribution >= 0.6 is 11.6 Å². The van der Waals surface area contributed by atoms with Gasteiger partial charge >= 0.3 is 6.18 Å². The van der Waals surface area contributed by atoms with E-state index in [0.717, 1.165) is 5.56 Å². The van der Waals surface area contributed by atoms with Crippen LogP contribution < -0.4 is 10.6 Å². The number of likely N-dealkylation sites (tertiary alicyclic amines) is 1. The minimum atomic E-state index is -4.30. The summed E-state index contributed by atoms with van der Waals surface area (Å²) in [4.78, 5) is 29.0. The summed E-state index contributed by atoms with van der Waals surface area (Å²) in [5.41, 5.74) is 2.88. The number of nitrogens with zero attached hydrogens (tertiary/aromatic N) is 1. The Morgan fingerprint density at radius 2 is 1.71 bits per heavy atom. The Balaban J connectivity index is 1.67. The topological polar surface area (TPSA) is 61.4 Å². The highest BCUT2D eigenvalue weighted by Gasteiger charge is 2.40. The van der Waals surface area contributed by atoms with Crippen LogP contribution in [0.1, 0.15) is 59.3 Å². The lowest BCUT2D eigenvalue weighted by Gasteiger charge is -2.41. The molecule has 3 aromatic rings. The monoisotopic (exact) mass is 589 g/mol. The molecule has 0 radical (unpaired) electrons. The average Bonchev–Trinajstić information content (AvgIpc) is 2.89. The van der Waals surface area contributed by atoms with Crippen LogP contribution in [0.4, 0.5) is 28.9 Å². The number of aryl methyl sites for hydroxylation is 2. The van der Waals surface area contributed by atoms with E-state index in [1.165, 1.54) is 24.0 Å². The molecular weight excluding hydrogens is 558 g/mol. The number of anilines is 2. The summed E-state index contributed by atoms with van der Waals surface area (Å²) in [7, 11) is 0. The van der Waals surface area contributed by atoms with Crippen molar-refractivity contribution in [3.8, 4) is 0 Å². The molecule has 10 heteroatoms. The molecule has 1 saturated heterocycles. The van der Waals surface area contributed by atoms with Gasteiger partial charge in [-0.1, -0.05) is 41.9 Å². The number of hydrogen-bond acceptors (Lipinski definition) is 3. The normalized spacial score (nSPS) is 18.1. The lowest BCUT2D eigenvalue weighted by Crippen LogP contribution is -2.46. The molecule has 2 N–H and O–H groups in total. The molecule has 0 aromatic heterocycles. The van der Waals surface area contributed by atoms with E-state index in [1.54, 1.807) is 55.5 Å². The molecule has 1 unspecified atom stereocenters. The van der Waals surface area contributed by atoms with Crippen molar-refractivity contribution in [1.29, 1.82) is 0 Å². The molecule has 3 aromatic carbocycles. The van der Waals surface area contributed by atoms with Crippen LogP contribution in [0, 0.1) is 25.6 Å². The molecule has 0 bridgehead atoms. The molecule has 5 nitrogen and oxygen atoms in total. The van der Waals surface area contributed by atoms with Crippen LogP contribution in [-0.4, -0.2) is 35.5 Å². The van der Waals surface area contributed by atoms with Crippen LogP contribution in [0.15, 0.2) is 60.7 Å². The molecule has 218 valence electrons. The highest BCUT2D eigenvalue weighted by Crippen LogP contribution is 2.39. The quantitative estimate of drug-likeness (QED) is 0.274. The number of piperidine rings is 1. The molecule has 1 fully saturated rings. The Kier molecular flexibility index (Phi) is 9.27.